The van der Waals surface area contributed by atoms with E-state index < -0.39 is 0 Å². The van der Waals surface area contributed by atoms with Gasteiger partial charge in [-0.1, -0.05) is 54.6 Å². The Morgan fingerprint density at radius 3 is 2.54 bits per heavy atom. The molecule has 2 aliphatic rings. The molecule has 2 aromatic rings. The highest BCUT2D eigenvalue weighted by Crippen LogP contribution is 2.43. The maximum Gasteiger partial charge on any atom is 0.229 e. The van der Waals surface area contributed by atoms with Crippen LogP contribution in [0.15, 0.2) is 59.1 Å². The Bertz CT molecular complexity index is 963. The zero-order chi connectivity index (χ0) is 19.7. The molecule has 6 heteroatoms. The molecule has 1 amide bonds. The summed E-state index contributed by atoms with van der Waals surface area (Å²) < 4.78 is 0. The molecule has 0 spiro atoms. The Balaban J connectivity index is 1.63. The van der Waals surface area contributed by atoms with Crippen molar-refractivity contribution in [2.24, 2.45) is 0 Å². The first-order valence-corrected chi connectivity index (χ1v) is 10.6. The van der Waals surface area contributed by atoms with E-state index in [0.717, 1.165) is 22.7 Å². The second-order valence-corrected chi connectivity index (χ2v) is 8.31. The summed E-state index contributed by atoms with van der Waals surface area (Å²) in [5.74, 6) is 0.585. The number of aryl methyl sites for hydroxylation is 1. The number of thioether (sulfide) groups is 1. The minimum absolute atomic E-state index is 0.0599. The summed E-state index contributed by atoms with van der Waals surface area (Å²) in [7, 11) is 0. The number of halogens is 1. The fourth-order valence-electron chi connectivity index (χ4n) is 3.65. The number of benzene rings is 2. The van der Waals surface area contributed by atoms with Gasteiger partial charge in [0.05, 0.1) is 29.2 Å². The van der Waals surface area contributed by atoms with E-state index in [0.29, 0.717) is 29.6 Å². The molecule has 2 aromatic carbocycles. The molecule has 1 saturated heterocycles. The van der Waals surface area contributed by atoms with Crippen molar-refractivity contribution < 1.29 is 4.79 Å². The summed E-state index contributed by atoms with van der Waals surface area (Å²) in [5, 5.41) is 11.4. The minimum atomic E-state index is -0.163. The highest BCUT2D eigenvalue weighted by atomic mass is 35.5. The highest BCUT2D eigenvalue weighted by Gasteiger charge is 2.38. The average molecular weight is 410 g/mol. The van der Waals surface area contributed by atoms with Crippen molar-refractivity contribution in [3.05, 3.63) is 75.3 Å². The average Bonchev–Trinajstić information content (AvgIpc) is 2.74. The van der Waals surface area contributed by atoms with Gasteiger partial charge in [0.1, 0.15) is 0 Å². The van der Waals surface area contributed by atoms with Gasteiger partial charge in [0, 0.05) is 23.0 Å². The van der Waals surface area contributed by atoms with Crippen molar-refractivity contribution in [3.63, 3.8) is 0 Å². The molecule has 4 nitrogen and oxygen atoms in total. The number of carbonyl (C=O) groups is 1. The smallest absolute Gasteiger partial charge is 0.229 e. The summed E-state index contributed by atoms with van der Waals surface area (Å²) in [6, 6.07) is 18.3. The van der Waals surface area contributed by atoms with E-state index in [9.17, 15) is 10.1 Å². The molecule has 0 radical (unpaired) electrons. The fourth-order valence-corrected chi connectivity index (χ4v) is 4.94. The molecule has 0 unspecified atom stereocenters. The third kappa shape index (κ3) is 3.50. The molecule has 1 fully saturated rings. The largest absolute Gasteiger partial charge is 0.344 e. The predicted molar refractivity (Wildman–Crippen MR) is 114 cm³/mol. The van der Waals surface area contributed by atoms with Crippen LogP contribution in [0.2, 0.25) is 5.02 Å². The number of carbonyl (C=O) groups excluding carboxylic acids is 1. The molecule has 2 heterocycles. The fraction of sp³-hybridized carbons (Fsp3) is 0.273. The molecular weight excluding hydrogens is 390 g/mol. The molecule has 142 valence electrons. The lowest BCUT2D eigenvalue weighted by molar-refractivity contribution is -0.129. The van der Waals surface area contributed by atoms with Gasteiger partial charge in [0.25, 0.3) is 0 Å². The summed E-state index contributed by atoms with van der Waals surface area (Å²) in [5.41, 5.74) is 4.00. The van der Waals surface area contributed by atoms with Crippen molar-refractivity contribution in [3.8, 4) is 6.07 Å². The molecule has 0 aromatic heterocycles. The van der Waals surface area contributed by atoms with Crippen molar-refractivity contribution in [2.75, 3.05) is 17.4 Å². The molecule has 0 aliphatic carbocycles. The van der Waals surface area contributed by atoms with Crippen molar-refractivity contribution >= 4 is 35.0 Å². The van der Waals surface area contributed by atoms with Crippen molar-refractivity contribution in [1.82, 2.24) is 4.90 Å². The van der Waals surface area contributed by atoms with Crippen LogP contribution in [0.4, 0.5) is 5.69 Å². The van der Waals surface area contributed by atoms with Gasteiger partial charge in [-0.3, -0.25) is 9.69 Å². The predicted octanol–water partition coefficient (Wildman–Crippen LogP) is 5.12. The van der Waals surface area contributed by atoms with Gasteiger partial charge in [0.15, 0.2) is 0 Å². The Morgan fingerprint density at radius 2 is 1.89 bits per heavy atom. The Kier molecular flexibility index (Phi) is 5.34. The number of anilines is 1. The first-order chi connectivity index (χ1) is 13.6. The van der Waals surface area contributed by atoms with Gasteiger partial charge in [-0.2, -0.15) is 5.26 Å². The zero-order valence-electron chi connectivity index (χ0n) is 15.6. The summed E-state index contributed by atoms with van der Waals surface area (Å²) in [4.78, 5) is 16.8. The molecule has 0 bridgehead atoms. The van der Waals surface area contributed by atoms with Crippen LogP contribution in [0.25, 0.3) is 0 Å². The van der Waals surface area contributed by atoms with Crippen LogP contribution >= 0.6 is 23.4 Å². The topological polar surface area (TPSA) is 47.3 Å². The number of amides is 1. The van der Waals surface area contributed by atoms with Crippen LogP contribution in [0, 0.1) is 11.3 Å². The maximum atomic E-state index is 12.9. The van der Waals surface area contributed by atoms with E-state index in [1.54, 1.807) is 16.7 Å². The van der Waals surface area contributed by atoms with Gasteiger partial charge < -0.3 is 4.90 Å². The Hall–Kier alpha value is -2.42. The van der Waals surface area contributed by atoms with Gasteiger partial charge in [-0.25, -0.2) is 0 Å². The summed E-state index contributed by atoms with van der Waals surface area (Å²) in [6.07, 6.45) is 1.30. The molecule has 0 N–H and O–H groups in total. The lowest BCUT2D eigenvalue weighted by Gasteiger charge is -2.42. The third-order valence-electron chi connectivity index (χ3n) is 5.28. The van der Waals surface area contributed by atoms with Crippen LogP contribution in [0.1, 0.15) is 30.4 Å². The van der Waals surface area contributed by atoms with E-state index in [-0.39, 0.29) is 11.8 Å². The Labute approximate surface area is 174 Å². The number of hydrogen-bond acceptors (Lipinski definition) is 4. The van der Waals surface area contributed by atoms with Crippen LogP contribution in [-0.4, -0.2) is 23.4 Å². The van der Waals surface area contributed by atoms with E-state index in [1.807, 2.05) is 24.3 Å². The molecule has 1 atom stereocenters. The number of nitrogens with zero attached hydrogens (tertiary/aromatic N) is 3. The second-order valence-electron chi connectivity index (χ2n) is 6.94. The van der Waals surface area contributed by atoms with E-state index >= 15 is 0 Å². The third-order valence-corrected chi connectivity index (χ3v) is 6.68. The maximum absolute atomic E-state index is 12.9. The van der Waals surface area contributed by atoms with Gasteiger partial charge in [-0.05, 0) is 41.8 Å². The van der Waals surface area contributed by atoms with Crippen molar-refractivity contribution in [1.29, 1.82) is 5.26 Å². The standard InChI is InChI=1S/C22H20ClN3OS/c1-2-15-3-5-16(6-4-15)19-11-21(27)26-13-25(14-28-22(26)20(19)12-24)18-9-7-17(23)8-10-18/h3-10,19H,2,11,13-14H2,1H3/t19-/m0/s1. The quantitative estimate of drug-likeness (QED) is 0.705. The first kappa shape index (κ1) is 18.9. The minimum Gasteiger partial charge on any atom is -0.344 e. The Morgan fingerprint density at radius 1 is 1.18 bits per heavy atom. The molecule has 2 aliphatic heterocycles. The first-order valence-electron chi connectivity index (χ1n) is 9.27. The van der Waals surface area contributed by atoms with Gasteiger partial charge in [0.2, 0.25) is 5.91 Å². The monoisotopic (exact) mass is 409 g/mol. The van der Waals surface area contributed by atoms with Crippen LogP contribution in [0.3, 0.4) is 0 Å². The number of hydrogen-bond donors (Lipinski definition) is 0. The van der Waals surface area contributed by atoms with Crippen LogP contribution in [-0.2, 0) is 11.2 Å². The van der Waals surface area contributed by atoms with E-state index in [1.165, 1.54) is 5.56 Å². The van der Waals surface area contributed by atoms with E-state index in [4.69, 9.17) is 11.6 Å². The van der Waals surface area contributed by atoms with Gasteiger partial charge >= 0.3 is 0 Å². The number of fused-ring (bicyclic) bond motifs is 1. The number of rotatable bonds is 3. The van der Waals surface area contributed by atoms with Crippen molar-refractivity contribution in [2.45, 2.75) is 25.7 Å². The number of allylic oxidation sites excluding steroid dienone is 1. The molecule has 28 heavy (non-hydrogen) atoms. The molecular formula is C22H20ClN3OS. The normalized spacial score (nSPS) is 19.5. The van der Waals surface area contributed by atoms with E-state index in [2.05, 4.69) is 42.2 Å². The molecule has 0 saturated carbocycles. The summed E-state index contributed by atoms with van der Waals surface area (Å²) in [6.45, 7) is 2.57. The second kappa shape index (κ2) is 7.90. The SMILES string of the molecule is CCc1ccc([C@@H]2CC(=O)N3CN(c4ccc(Cl)cc4)CSC3=C2C#N)cc1. The highest BCUT2D eigenvalue weighted by molar-refractivity contribution is 8.03. The van der Waals surface area contributed by atoms with Crippen LogP contribution < -0.4 is 4.90 Å². The zero-order valence-corrected chi connectivity index (χ0v) is 17.1. The lowest BCUT2D eigenvalue weighted by Crippen LogP contribution is -2.47. The van der Waals surface area contributed by atoms with Gasteiger partial charge in [-0.15, -0.1) is 0 Å². The number of nitriles is 1. The van der Waals surface area contributed by atoms with Crippen LogP contribution in [0.5, 0.6) is 0 Å². The summed E-state index contributed by atoms with van der Waals surface area (Å²) >= 11 is 7.54. The lowest BCUT2D eigenvalue weighted by atomic mass is 9.86. The molecule has 4 rings (SSSR count).